The van der Waals surface area contributed by atoms with Crippen molar-refractivity contribution in [3.8, 4) is 0 Å². The number of unbranched alkanes of at least 4 members (excludes halogenated alkanes) is 1. The highest BCUT2D eigenvalue weighted by Crippen LogP contribution is 2.40. The summed E-state index contributed by atoms with van der Waals surface area (Å²) in [5.74, 6) is -1.17. The first-order valence-electron chi connectivity index (χ1n) is 10.4. The Morgan fingerprint density at radius 3 is 2.33 bits per heavy atom. The normalized spacial score (nSPS) is 31.4. The number of esters is 1. The second-order valence-electron chi connectivity index (χ2n) is 9.37. The summed E-state index contributed by atoms with van der Waals surface area (Å²) in [6, 6.07) is 0. The summed E-state index contributed by atoms with van der Waals surface area (Å²) >= 11 is 0. The van der Waals surface area contributed by atoms with E-state index in [0.717, 1.165) is 6.26 Å². The van der Waals surface area contributed by atoms with Gasteiger partial charge in [0.1, 0.15) is 17.8 Å². The van der Waals surface area contributed by atoms with Gasteiger partial charge in [0.2, 0.25) is 0 Å². The Kier molecular flexibility index (Phi) is 8.31. The highest BCUT2D eigenvalue weighted by Gasteiger charge is 2.54. The van der Waals surface area contributed by atoms with Crippen LogP contribution >= 0.6 is 0 Å². The molecular weight excluding hydrogens is 416 g/mol. The highest BCUT2D eigenvalue weighted by atomic mass is 32.2. The number of hydrogen-bond acceptors (Lipinski definition) is 9. The van der Waals surface area contributed by atoms with Crippen molar-refractivity contribution in [3.05, 3.63) is 0 Å². The van der Waals surface area contributed by atoms with Crippen molar-refractivity contribution in [1.29, 1.82) is 0 Å². The van der Waals surface area contributed by atoms with E-state index in [4.69, 9.17) is 27.9 Å². The molecule has 0 aliphatic carbocycles. The Balaban J connectivity index is 1.87. The molecule has 0 radical (unpaired) electrons. The zero-order valence-corrected chi connectivity index (χ0v) is 19.8. The van der Waals surface area contributed by atoms with E-state index >= 15 is 0 Å². The number of hydrogen-bond donors (Lipinski definition) is 0. The molecular formula is C20H36O9S. The van der Waals surface area contributed by atoms with Crippen LogP contribution in [-0.2, 0) is 42.8 Å². The molecule has 0 bridgehead atoms. The van der Waals surface area contributed by atoms with Gasteiger partial charge >= 0.3 is 5.97 Å². The Hall–Kier alpha value is -0.780. The van der Waals surface area contributed by atoms with Crippen LogP contribution in [0.1, 0.15) is 60.8 Å². The second-order valence-corrected chi connectivity index (χ2v) is 11.0. The fourth-order valence-corrected chi connectivity index (χ4v) is 3.90. The van der Waals surface area contributed by atoms with Crippen LogP contribution in [0.15, 0.2) is 0 Å². The number of carbonyl (C=O) groups excluding carboxylic acids is 1. The van der Waals surface area contributed by atoms with Gasteiger partial charge in [0.05, 0.1) is 19.0 Å². The lowest BCUT2D eigenvalue weighted by Gasteiger charge is -2.40. The first-order valence-corrected chi connectivity index (χ1v) is 12.2. The zero-order chi connectivity index (χ0) is 22.7. The third kappa shape index (κ3) is 8.05. The van der Waals surface area contributed by atoms with Gasteiger partial charge in [0.25, 0.3) is 10.1 Å². The fraction of sp³-hybridized carbons (Fsp3) is 0.950. The maximum atomic E-state index is 11.8. The summed E-state index contributed by atoms with van der Waals surface area (Å²) in [6.07, 6.45) is 0.598. The van der Waals surface area contributed by atoms with Crippen LogP contribution in [0.4, 0.5) is 0 Å². The third-order valence-electron chi connectivity index (χ3n) is 4.71. The van der Waals surface area contributed by atoms with Gasteiger partial charge in [-0.2, -0.15) is 8.42 Å². The van der Waals surface area contributed by atoms with Crippen molar-refractivity contribution < 1.29 is 41.1 Å². The lowest BCUT2D eigenvalue weighted by Crippen LogP contribution is -2.54. The van der Waals surface area contributed by atoms with Crippen LogP contribution < -0.4 is 0 Å². The van der Waals surface area contributed by atoms with Crippen molar-refractivity contribution in [2.45, 2.75) is 96.8 Å². The molecule has 2 rings (SSSR count). The largest absolute Gasteiger partial charge is 0.460 e. The predicted molar refractivity (Wildman–Crippen MR) is 108 cm³/mol. The molecule has 0 N–H and O–H groups in total. The van der Waals surface area contributed by atoms with Gasteiger partial charge in [0.15, 0.2) is 12.1 Å². The van der Waals surface area contributed by atoms with E-state index in [1.807, 2.05) is 27.7 Å². The van der Waals surface area contributed by atoms with Gasteiger partial charge in [0, 0.05) is 18.9 Å². The molecule has 2 fully saturated rings. The molecule has 0 saturated carbocycles. The molecule has 0 spiro atoms. The van der Waals surface area contributed by atoms with Crippen LogP contribution in [0.3, 0.4) is 0 Å². The van der Waals surface area contributed by atoms with Gasteiger partial charge in [-0.1, -0.05) is 6.92 Å². The molecule has 2 heterocycles. The standard InChI is InChI=1S/C20H36O9S/c1-13-16-17(29-20(5,6)28-16)14(12-25-30(7,22)23)26-18(13)24-11-9-8-10-15(21)27-19(2,3)4/h13-14,16-18H,8-12H2,1-7H3. The summed E-state index contributed by atoms with van der Waals surface area (Å²) in [5, 5.41) is 0. The minimum absolute atomic E-state index is 0.128. The Bertz CT molecular complexity index is 683. The number of ether oxygens (including phenoxy) is 5. The van der Waals surface area contributed by atoms with E-state index < -0.39 is 40.0 Å². The Morgan fingerprint density at radius 2 is 1.73 bits per heavy atom. The number of rotatable bonds is 9. The van der Waals surface area contributed by atoms with Crippen LogP contribution in [0.2, 0.25) is 0 Å². The van der Waals surface area contributed by atoms with E-state index in [0.29, 0.717) is 25.9 Å². The first-order chi connectivity index (χ1) is 13.7. The topological polar surface area (TPSA) is 107 Å². The molecule has 0 aromatic heterocycles. The summed E-state index contributed by atoms with van der Waals surface area (Å²) in [7, 11) is -3.62. The molecule has 176 valence electrons. The van der Waals surface area contributed by atoms with Gasteiger partial charge in [-0.3, -0.25) is 8.98 Å². The average molecular weight is 453 g/mol. The summed E-state index contributed by atoms with van der Waals surface area (Å²) in [4.78, 5) is 11.8. The second kappa shape index (κ2) is 9.79. The van der Waals surface area contributed by atoms with E-state index in [-0.39, 0.29) is 24.6 Å². The molecule has 10 heteroatoms. The quantitative estimate of drug-likeness (QED) is 0.296. The number of carbonyl (C=O) groups is 1. The fourth-order valence-electron chi connectivity index (χ4n) is 3.52. The molecule has 5 atom stereocenters. The minimum Gasteiger partial charge on any atom is -0.460 e. The molecule has 30 heavy (non-hydrogen) atoms. The van der Waals surface area contributed by atoms with Gasteiger partial charge in [-0.05, 0) is 47.5 Å². The maximum Gasteiger partial charge on any atom is 0.306 e. The smallest absolute Gasteiger partial charge is 0.306 e. The van der Waals surface area contributed by atoms with E-state index in [2.05, 4.69) is 0 Å². The average Bonchev–Trinajstić information content (AvgIpc) is 2.89. The van der Waals surface area contributed by atoms with Gasteiger partial charge in [-0.15, -0.1) is 0 Å². The number of fused-ring (bicyclic) bond motifs is 1. The Labute approximate surface area is 179 Å². The molecule has 2 aliphatic rings. The van der Waals surface area contributed by atoms with Crippen LogP contribution in [0.5, 0.6) is 0 Å². The lowest BCUT2D eigenvalue weighted by atomic mass is 9.92. The molecule has 0 aromatic carbocycles. The highest BCUT2D eigenvalue weighted by molar-refractivity contribution is 7.85. The van der Waals surface area contributed by atoms with Crippen molar-refractivity contribution in [3.63, 3.8) is 0 Å². The van der Waals surface area contributed by atoms with Gasteiger partial charge in [-0.25, -0.2) is 0 Å². The summed E-state index contributed by atoms with van der Waals surface area (Å²) < 4.78 is 56.9. The van der Waals surface area contributed by atoms with Crippen LogP contribution in [0, 0.1) is 5.92 Å². The van der Waals surface area contributed by atoms with Crippen molar-refractivity contribution in [1.82, 2.24) is 0 Å². The zero-order valence-electron chi connectivity index (χ0n) is 19.0. The molecule has 0 aromatic rings. The molecule has 0 amide bonds. The van der Waals surface area contributed by atoms with Crippen LogP contribution in [0.25, 0.3) is 0 Å². The first kappa shape index (κ1) is 25.5. The molecule has 2 saturated heterocycles. The van der Waals surface area contributed by atoms with Gasteiger partial charge < -0.3 is 23.7 Å². The minimum atomic E-state index is -3.62. The maximum absolute atomic E-state index is 11.8. The summed E-state index contributed by atoms with van der Waals surface area (Å²) in [5.41, 5.74) is -0.490. The summed E-state index contributed by atoms with van der Waals surface area (Å²) in [6.45, 7) is 11.3. The van der Waals surface area contributed by atoms with Crippen molar-refractivity contribution >= 4 is 16.1 Å². The lowest BCUT2D eigenvalue weighted by molar-refractivity contribution is -0.260. The molecule has 5 unspecified atom stereocenters. The van der Waals surface area contributed by atoms with E-state index in [1.54, 1.807) is 13.8 Å². The van der Waals surface area contributed by atoms with E-state index in [9.17, 15) is 13.2 Å². The molecule has 2 aliphatic heterocycles. The van der Waals surface area contributed by atoms with Crippen molar-refractivity contribution in [2.75, 3.05) is 19.5 Å². The van der Waals surface area contributed by atoms with Crippen molar-refractivity contribution in [2.24, 2.45) is 5.92 Å². The predicted octanol–water partition coefficient (Wildman–Crippen LogP) is 2.37. The van der Waals surface area contributed by atoms with E-state index in [1.165, 1.54) is 0 Å². The SMILES string of the molecule is CC1C(OCCCCC(=O)OC(C)(C)C)OC(COS(C)(=O)=O)C2OC(C)(C)OC12. The van der Waals surface area contributed by atoms with Crippen LogP contribution in [-0.4, -0.2) is 69.8 Å². The third-order valence-corrected chi connectivity index (χ3v) is 5.27. The Morgan fingerprint density at radius 1 is 1.10 bits per heavy atom. The monoisotopic (exact) mass is 452 g/mol. The molecule has 9 nitrogen and oxygen atoms in total.